The van der Waals surface area contributed by atoms with E-state index in [1.165, 1.54) is 16.8 Å². The number of carbonyl (C=O) groups is 1. The fourth-order valence-corrected chi connectivity index (χ4v) is 5.77. The molecule has 216 valence electrons. The lowest BCUT2D eigenvalue weighted by atomic mass is 10.1. The van der Waals surface area contributed by atoms with Crippen molar-refractivity contribution >= 4 is 29.0 Å². The van der Waals surface area contributed by atoms with E-state index in [0.717, 1.165) is 24.3 Å². The van der Waals surface area contributed by atoms with Gasteiger partial charge in [-0.1, -0.05) is 0 Å². The molecule has 3 aromatic heterocycles. The van der Waals surface area contributed by atoms with Crippen molar-refractivity contribution < 1.29 is 27.8 Å². The first-order valence-electron chi connectivity index (χ1n) is 13.4. The Morgan fingerprint density at radius 2 is 2.15 bits per heavy atom. The molecule has 0 unspecified atom stereocenters. The number of halogens is 2. The van der Waals surface area contributed by atoms with Crippen molar-refractivity contribution in [3.63, 3.8) is 0 Å². The van der Waals surface area contributed by atoms with Gasteiger partial charge in [0.2, 0.25) is 0 Å². The van der Waals surface area contributed by atoms with Crippen molar-refractivity contribution in [1.82, 2.24) is 29.7 Å². The molecule has 2 saturated heterocycles. The molecule has 2 aliphatic heterocycles. The topological polar surface area (TPSA) is 117 Å². The quantitative estimate of drug-likeness (QED) is 0.272. The molecule has 1 aromatic carbocycles. The number of fused-ring (bicyclic) bond motifs is 1. The molecule has 0 bridgehead atoms. The third-order valence-electron chi connectivity index (χ3n) is 6.80. The number of amides is 1. The zero-order chi connectivity index (χ0) is 28.2. The first-order chi connectivity index (χ1) is 20.0. The Labute approximate surface area is 238 Å². The van der Waals surface area contributed by atoms with Crippen molar-refractivity contribution in [3.05, 3.63) is 54.6 Å². The lowest BCUT2D eigenvalue weighted by Gasteiger charge is -2.25. The van der Waals surface area contributed by atoms with Gasteiger partial charge in [-0.2, -0.15) is 19.0 Å². The molecule has 1 amide bonds. The summed E-state index contributed by atoms with van der Waals surface area (Å²) in [7, 11) is 0. The smallest absolute Gasteiger partial charge is 0.387 e. The second-order valence-corrected chi connectivity index (χ2v) is 11.1. The monoisotopic (exact) mass is 585 g/mol. The van der Waals surface area contributed by atoms with E-state index >= 15 is 0 Å². The van der Waals surface area contributed by atoms with Gasteiger partial charge in [0.15, 0.2) is 5.65 Å². The van der Waals surface area contributed by atoms with Gasteiger partial charge in [0.1, 0.15) is 17.0 Å². The lowest BCUT2D eigenvalue weighted by Crippen LogP contribution is -2.38. The van der Waals surface area contributed by atoms with E-state index in [9.17, 15) is 13.6 Å². The molecule has 6 rings (SSSR count). The Morgan fingerprint density at radius 1 is 1.24 bits per heavy atom. The second kappa shape index (κ2) is 12.5. The van der Waals surface area contributed by atoms with E-state index < -0.39 is 12.5 Å². The summed E-state index contributed by atoms with van der Waals surface area (Å²) in [5, 5.41) is 15.6. The Morgan fingerprint density at radius 3 is 2.93 bits per heavy atom. The van der Waals surface area contributed by atoms with Crippen LogP contribution in [0.15, 0.2) is 53.9 Å². The van der Waals surface area contributed by atoms with Crippen LogP contribution < -0.4 is 15.4 Å². The number of rotatable bonds is 11. The van der Waals surface area contributed by atoms with Crippen molar-refractivity contribution in [3.8, 4) is 17.0 Å². The van der Waals surface area contributed by atoms with Crippen molar-refractivity contribution in [1.29, 1.82) is 0 Å². The van der Waals surface area contributed by atoms with Gasteiger partial charge in [0.05, 0.1) is 43.5 Å². The van der Waals surface area contributed by atoms with Gasteiger partial charge in [-0.15, -0.1) is 11.8 Å². The van der Waals surface area contributed by atoms with Crippen LogP contribution in [-0.2, 0) is 16.0 Å². The van der Waals surface area contributed by atoms with Crippen molar-refractivity contribution in [2.24, 2.45) is 0 Å². The van der Waals surface area contributed by atoms with Gasteiger partial charge in [0.25, 0.3) is 5.91 Å². The largest absolute Gasteiger partial charge is 0.434 e. The standard InChI is InChI=1S/C27H29F2N7O4S/c28-27(29)40-23-5-4-18(41-19-15-39-16-19)11-20(23)24-22(13-35(34-24)9-7-30-17-3-1-10-38-14-17)33-26(37)21-12-32-36-8-2-6-31-25(21)36/h2,4-6,8,11-13,17,19,27,30H,1,3,7,9-10,14-16H2,(H,33,37)/t17-/m1/s1. The summed E-state index contributed by atoms with van der Waals surface area (Å²) in [6.07, 6.45) is 8.43. The number of ether oxygens (including phenoxy) is 3. The molecule has 0 saturated carbocycles. The molecule has 4 aromatic rings. The number of nitrogens with zero attached hydrogens (tertiary/aromatic N) is 5. The number of hydrogen-bond donors (Lipinski definition) is 2. The highest BCUT2D eigenvalue weighted by atomic mass is 32.2. The van der Waals surface area contributed by atoms with Crippen molar-refractivity contribution in [2.75, 3.05) is 38.3 Å². The first-order valence-corrected chi connectivity index (χ1v) is 14.2. The van der Waals surface area contributed by atoms with Crippen LogP contribution >= 0.6 is 11.8 Å². The zero-order valence-corrected chi connectivity index (χ0v) is 22.9. The molecule has 0 aliphatic carbocycles. The summed E-state index contributed by atoms with van der Waals surface area (Å²) in [4.78, 5) is 18.5. The molecule has 11 nitrogen and oxygen atoms in total. The number of anilines is 1. The molecule has 14 heteroatoms. The number of nitrogens with one attached hydrogen (secondary N) is 2. The molecule has 5 heterocycles. The predicted octanol–water partition coefficient (Wildman–Crippen LogP) is 3.71. The minimum atomic E-state index is -3.03. The summed E-state index contributed by atoms with van der Waals surface area (Å²) >= 11 is 1.59. The molecular weight excluding hydrogens is 556 g/mol. The first kappa shape index (κ1) is 27.6. The van der Waals surface area contributed by atoms with Crippen LogP contribution in [0, 0.1) is 0 Å². The van der Waals surface area contributed by atoms with E-state index in [1.54, 1.807) is 53.2 Å². The summed E-state index contributed by atoms with van der Waals surface area (Å²) < 4.78 is 45.7. The maximum Gasteiger partial charge on any atom is 0.387 e. The van der Waals surface area contributed by atoms with E-state index in [-0.39, 0.29) is 22.6 Å². The Hall–Kier alpha value is -3.59. The molecule has 41 heavy (non-hydrogen) atoms. The molecule has 0 spiro atoms. The van der Waals surface area contributed by atoms with Gasteiger partial charge < -0.3 is 24.8 Å². The normalized spacial score (nSPS) is 17.6. The average Bonchev–Trinajstić information content (AvgIpc) is 3.56. The Kier molecular flexibility index (Phi) is 8.41. The number of aromatic nitrogens is 5. The molecule has 2 N–H and O–H groups in total. The van der Waals surface area contributed by atoms with E-state index in [4.69, 9.17) is 19.3 Å². The summed E-state index contributed by atoms with van der Waals surface area (Å²) in [6, 6.07) is 6.98. The Bertz CT molecular complexity index is 1500. The van der Waals surface area contributed by atoms with Gasteiger partial charge in [-0.25, -0.2) is 9.50 Å². The van der Waals surface area contributed by atoms with Gasteiger partial charge in [-0.3, -0.25) is 9.48 Å². The SMILES string of the molecule is O=C(Nc1cn(CCN[C@@H]2CCCOC2)nc1-c1cc(SC2COC2)ccc1OC(F)F)c1cnn2cccnc12. The molecule has 2 aliphatic rings. The number of alkyl halides is 2. The second-order valence-electron chi connectivity index (χ2n) is 9.74. The Balaban J connectivity index is 1.31. The minimum absolute atomic E-state index is 0.0370. The maximum atomic E-state index is 13.4. The molecule has 0 radical (unpaired) electrons. The highest BCUT2D eigenvalue weighted by molar-refractivity contribution is 8.00. The minimum Gasteiger partial charge on any atom is -0.434 e. The van der Waals surface area contributed by atoms with E-state index in [2.05, 4.69) is 20.7 Å². The van der Waals surface area contributed by atoms with Gasteiger partial charge >= 0.3 is 6.61 Å². The third kappa shape index (κ3) is 6.50. The predicted molar refractivity (Wildman–Crippen MR) is 148 cm³/mol. The van der Waals surface area contributed by atoms with Crippen LogP contribution in [0.5, 0.6) is 5.75 Å². The van der Waals surface area contributed by atoms with Crippen LogP contribution in [0.1, 0.15) is 23.2 Å². The fourth-order valence-electron chi connectivity index (χ4n) is 4.73. The number of hydrogen-bond acceptors (Lipinski definition) is 9. The number of carbonyl (C=O) groups excluding carboxylic acids is 1. The summed E-state index contributed by atoms with van der Waals surface area (Å²) in [5.74, 6) is -0.490. The molecule has 2 fully saturated rings. The van der Waals surface area contributed by atoms with Crippen LogP contribution in [0.4, 0.5) is 14.5 Å². The summed E-state index contributed by atoms with van der Waals surface area (Å²) in [5.41, 5.74) is 1.66. The van der Waals surface area contributed by atoms with Gasteiger partial charge in [0, 0.05) is 48.2 Å². The zero-order valence-electron chi connectivity index (χ0n) is 22.0. The van der Waals surface area contributed by atoms with Crippen molar-refractivity contribution in [2.45, 2.75) is 42.2 Å². The third-order valence-corrected chi connectivity index (χ3v) is 7.93. The van der Waals surface area contributed by atoms with Crippen LogP contribution in [0.2, 0.25) is 0 Å². The summed E-state index contributed by atoms with van der Waals surface area (Å²) in [6.45, 7) is 0.744. The van der Waals surface area contributed by atoms with Crippen LogP contribution in [0.25, 0.3) is 16.9 Å². The average molecular weight is 586 g/mol. The van der Waals surface area contributed by atoms with E-state index in [1.807, 2.05) is 0 Å². The van der Waals surface area contributed by atoms with Crippen LogP contribution in [0.3, 0.4) is 0 Å². The highest BCUT2D eigenvalue weighted by Crippen LogP contribution is 2.39. The molecular formula is C27H29F2N7O4S. The van der Waals surface area contributed by atoms with Gasteiger partial charge in [-0.05, 0) is 37.1 Å². The molecule has 1 atom stereocenters. The maximum absolute atomic E-state index is 13.4. The number of thioether (sulfide) groups is 1. The fraction of sp³-hybridized carbons (Fsp3) is 0.407. The van der Waals surface area contributed by atoms with Crippen LogP contribution in [-0.4, -0.2) is 81.2 Å². The number of benzene rings is 1. The lowest BCUT2D eigenvalue weighted by molar-refractivity contribution is -0.0494. The van der Waals surface area contributed by atoms with E-state index in [0.29, 0.717) is 55.5 Å². The highest BCUT2D eigenvalue weighted by Gasteiger charge is 2.24.